The summed E-state index contributed by atoms with van der Waals surface area (Å²) in [5.74, 6) is -0.148. The number of aromatic amines is 1. The van der Waals surface area contributed by atoms with Gasteiger partial charge in [0.2, 0.25) is 5.91 Å². The Morgan fingerprint density at radius 3 is 3.13 bits per heavy atom. The average Bonchev–Trinajstić information content (AvgIpc) is 2.74. The quantitative estimate of drug-likeness (QED) is 0.601. The monoisotopic (exact) mass is 208 g/mol. The number of anilines is 1. The summed E-state index contributed by atoms with van der Waals surface area (Å²) in [5, 5.41) is 5.60. The fourth-order valence-corrected chi connectivity index (χ4v) is 1.54. The molecule has 1 aliphatic rings. The highest BCUT2D eigenvalue weighted by molar-refractivity contribution is 5.91. The topological polar surface area (TPSA) is 86.9 Å². The molecule has 3 N–H and O–H groups in total. The van der Waals surface area contributed by atoms with Crippen molar-refractivity contribution >= 4 is 11.7 Å². The summed E-state index contributed by atoms with van der Waals surface area (Å²) in [6.07, 6.45) is 3.66. The van der Waals surface area contributed by atoms with Crippen molar-refractivity contribution in [2.45, 2.75) is 6.42 Å². The van der Waals surface area contributed by atoms with Crippen molar-refractivity contribution in [3.8, 4) is 0 Å². The number of hydrogen-bond acceptors (Lipinski definition) is 4. The van der Waals surface area contributed by atoms with Crippen LogP contribution in [0.4, 0.5) is 5.82 Å². The molecule has 15 heavy (non-hydrogen) atoms. The molecule has 0 saturated carbocycles. The molecule has 0 radical (unpaired) electrons. The highest BCUT2D eigenvalue weighted by atomic mass is 16.2. The molecule has 1 atom stereocenters. The lowest BCUT2D eigenvalue weighted by Gasteiger charge is -2.07. The standard InChI is InChI=1S/C9H12N4O2/c14-8(6-1-2-10-5-6)13-7-9(15)12-4-3-11-7/h3-4,6,10H,1-2,5H2,(H,12,15)(H,11,13,14). The summed E-state index contributed by atoms with van der Waals surface area (Å²) in [6, 6.07) is 0. The first-order chi connectivity index (χ1) is 7.27. The van der Waals surface area contributed by atoms with E-state index >= 15 is 0 Å². The van der Waals surface area contributed by atoms with Crippen LogP contribution in [0.1, 0.15) is 6.42 Å². The Bertz CT molecular complexity index is 409. The lowest BCUT2D eigenvalue weighted by atomic mass is 10.1. The van der Waals surface area contributed by atoms with Crippen molar-refractivity contribution in [1.82, 2.24) is 15.3 Å². The molecule has 1 fully saturated rings. The highest BCUT2D eigenvalue weighted by Crippen LogP contribution is 2.08. The van der Waals surface area contributed by atoms with Gasteiger partial charge in [-0.15, -0.1) is 0 Å². The van der Waals surface area contributed by atoms with Gasteiger partial charge in [-0.2, -0.15) is 0 Å². The molecule has 6 nitrogen and oxygen atoms in total. The number of hydrogen-bond donors (Lipinski definition) is 3. The fraction of sp³-hybridized carbons (Fsp3) is 0.444. The van der Waals surface area contributed by atoms with Gasteiger partial charge < -0.3 is 15.6 Å². The molecule has 1 aliphatic heterocycles. The van der Waals surface area contributed by atoms with E-state index in [1.54, 1.807) is 0 Å². The number of rotatable bonds is 2. The Kier molecular flexibility index (Phi) is 2.77. The first-order valence-electron chi connectivity index (χ1n) is 4.82. The Labute approximate surface area is 86.1 Å². The summed E-state index contributed by atoms with van der Waals surface area (Å²) in [7, 11) is 0. The van der Waals surface area contributed by atoms with Crippen molar-refractivity contribution in [2.24, 2.45) is 5.92 Å². The zero-order valence-electron chi connectivity index (χ0n) is 8.12. The van der Waals surface area contributed by atoms with E-state index in [0.29, 0.717) is 6.54 Å². The van der Waals surface area contributed by atoms with Gasteiger partial charge in [0.05, 0.1) is 5.92 Å². The van der Waals surface area contributed by atoms with E-state index in [1.165, 1.54) is 12.4 Å². The van der Waals surface area contributed by atoms with Crippen LogP contribution in [0, 0.1) is 5.92 Å². The maximum absolute atomic E-state index is 11.6. The lowest BCUT2D eigenvalue weighted by Crippen LogP contribution is -2.28. The average molecular weight is 208 g/mol. The van der Waals surface area contributed by atoms with Crippen molar-refractivity contribution in [3.63, 3.8) is 0 Å². The van der Waals surface area contributed by atoms with Crippen LogP contribution in [-0.2, 0) is 4.79 Å². The van der Waals surface area contributed by atoms with Gasteiger partial charge in [-0.1, -0.05) is 0 Å². The summed E-state index contributed by atoms with van der Waals surface area (Å²) in [4.78, 5) is 29.1. The maximum Gasteiger partial charge on any atom is 0.291 e. The highest BCUT2D eigenvalue weighted by Gasteiger charge is 2.23. The molecule has 0 spiro atoms. The molecule has 1 amide bonds. The molecule has 2 rings (SSSR count). The summed E-state index contributed by atoms with van der Waals surface area (Å²) < 4.78 is 0. The second-order valence-electron chi connectivity index (χ2n) is 3.45. The van der Waals surface area contributed by atoms with Gasteiger partial charge in [0.1, 0.15) is 0 Å². The molecule has 80 valence electrons. The Morgan fingerprint density at radius 1 is 1.60 bits per heavy atom. The number of carbonyl (C=O) groups is 1. The number of aromatic nitrogens is 2. The number of carbonyl (C=O) groups excluding carboxylic acids is 1. The predicted molar refractivity (Wildman–Crippen MR) is 54.5 cm³/mol. The van der Waals surface area contributed by atoms with E-state index in [4.69, 9.17) is 0 Å². The van der Waals surface area contributed by atoms with Gasteiger partial charge in [0, 0.05) is 18.9 Å². The zero-order valence-corrected chi connectivity index (χ0v) is 8.12. The molecule has 1 aromatic rings. The van der Waals surface area contributed by atoms with Crippen LogP contribution >= 0.6 is 0 Å². The minimum atomic E-state index is -0.378. The molecule has 1 saturated heterocycles. The molecule has 0 aromatic carbocycles. The number of nitrogens with zero attached hydrogens (tertiary/aromatic N) is 1. The maximum atomic E-state index is 11.6. The van der Waals surface area contributed by atoms with Crippen LogP contribution in [0.3, 0.4) is 0 Å². The molecule has 0 aliphatic carbocycles. The Morgan fingerprint density at radius 2 is 2.47 bits per heavy atom. The molecular weight excluding hydrogens is 196 g/mol. The molecule has 6 heteroatoms. The Balaban J connectivity index is 2.05. The summed E-state index contributed by atoms with van der Waals surface area (Å²) in [6.45, 7) is 1.51. The van der Waals surface area contributed by atoms with Gasteiger partial charge in [-0.25, -0.2) is 4.98 Å². The lowest BCUT2D eigenvalue weighted by molar-refractivity contribution is -0.119. The van der Waals surface area contributed by atoms with Gasteiger partial charge in [-0.3, -0.25) is 9.59 Å². The largest absolute Gasteiger partial charge is 0.324 e. The third-order valence-electron chi connectivity index (χ3n) is 2.38. The number of nitrogens with one attached hydrogen (secondary N) is 3. The van der Waals surface area contributed by atoms with Crippen LogP contribution in [0.5, 0.6) is 0 Å². The van der Waals surface area contributed by atoms with Crippen LogP contribution in [0.25, 0.3) is 0 Å². The van der Waals surface area contributed by atoms with Crippen molar-refractivity contribution in [3.05, 3.63) is 22.7 Å². The second kappa shape index (κ2) is 4.22. The second-order valence-corrected chi connectivity index (χ2v) is 3.45. The molecule has 2 heterocycles. The van der Waals surface area contributed by atoms with Gasteiger partial charge >= 0.3 is 0 Å². The van der Waals surface area contributed by atoms with E-state index < -0.39 is 0 Å². The minimum absolute atomic E-state index is 0.0635. The Hall–Kier alpha value is -1.69. The molecule has 0 bridgehead atoms. The van der Waals surface area contributed by atoms with Crippen molar-refractivity contribution < 1.29 is 4.79 Å². The normalized spacial score (nSPS) is 20.1. The van der Waals surface area contributed by atoms with Crippen LogP contribution in [0.2, 0.25) is 0 Å². The van der Waals surface area contributed by atoms with Gasteiger partial charge in [0.25, 0.3) is 5.56 Å². The summed E-state index contributed by atoms with van der Waals surface area (Å²) >= 11 is 0. The van der Waals surface area contributed by atoms with Crippen LogP contribution in [0.15, 0.2) is 17.2 Å². The van der Waals surface area contributed by atoms with Gasteiger partial charge in [0.15, 0.2) is 5.82 Å². The van der Waals surface area contributed by atoms with E-state index in [2.05, 4.69) is 20.6 Å². The fourth-order valence-electron chi connectivity index (χ4n) is 1.54. The van der Waals surface area contributed by atoms with E-state index in [9.17, 15) is 9.59 Å². The number of H-pyrrole nitrogens is 1. The van der Waals surface area contributed by atoms with Crippen LogP contribution in [-0.4, -0.2) is 29.0 Å². The third kappa shape index (κ3) is 2.21. The smallest absolute Gasteiger partial charge is 0.291 e. The van der Waals surface area contributed by atoms with Gasteiger partial charge in [-0.05, 0) is 13.0 Å². The minimum Gasteiger partial charge on any atom is -0.324 e. The van der Waals surface area contributed by atoms with E-state index in [0.717, 1.165) is 13.0 Å². The molecular formula is C9H12N4O2. The SMILES string of the molecule is O=C(Nc1ncc[nH]c1=O)C1CCNC1. The number of amides is 1. The van der Waals surface area contributed by atoms with Crippen molar-refractivity contribution in [2.75, 3.05) is 18.4 Å². The van der Waals surface area contributed by atoms with Crippen LogP contribution < -0.4 is 16.2 Å². The first-order valence-corrected chi connectivity index (χ1v) is 4.82. The molecule has 1 aromatic heterocycles. The first kappa shape index (κ1) is 9.85. The molecule has 1 unspecified atom stereocenters. The summed E-state index contributed by atoms with van der Waals surface area (Å²) in [5.41, 5.74) is -0.378. The predicted octanol–water partition coefficient (Wildman–Crippen LogP) is -0.682. The van der Waals surface area contributed by atoms with E-state index in [-0.39, 0.29) is 23.2 Å². The van der Waals surface area contributed by atoms with Crippen molar-refractivity contribution in [1.29, 1.82) is 0 Å². The van der Waals surface area contributed by atoms with E-state index in [1.807, 2.05) is 0 Å². The zero-order chi connectivity index (χ0) is 10.7. The third-order valence-corrected chi connectivity index (χ3v) is 2.38.